The summed E-state index contributed by atoms with van der Waals surface area (Å²) in [5, 5.41) is 7.47. The molecule has 0 aliphatic carbocycles. The Bertz CT molecular complexity index is 969. The molecule has 0 saturated carbocycles. The summed E-state index contributed by atoms with van der Waals surface area (Å²) < 4.78 is 6.35. The number of hydrogen-bond donors (Lipinski definition) is 2. The Morgan fingerprint density at radius 3 is 2.76 bits per heavy atom. The van der Waals surface area contributed by atoms with Crippen LogP contribution >= 0.6 is 27.3 Å². The van der Waals surface area contributed by atoms with E-state index in [1.807, 2.05) is 37.3 Å². The average molecular weight is 418 g/mol. The fraction of sp³-hybridized carbons (Fsp3) is 0.222. The Balaban J connectivity index is 1.84. The molecule has 7 heteroatoms. The molecule has 1 aromatic carbocycles. The standard InChI is InChI=1S/C18H16BrN3O2S/c1-9-7-11(8-24-2)13-14-15(25-18(13)20-9)17(23)22-16(21-14)10-3-5-12(19)6-4-10/h3-7,16,21H,8H2,1-2H3,(H,22,23)/t16-/m0/s1. The molecular formula is C18H16BrN3O2S. The number of aromatic nitrogens is 1. The number of ether oxygens (including phenoxy) is 1. The van der Waals surface area contributed by atoms with Gasteiger partial charge in [-0.3, -0.25) is 4.79 Å². The van der Waals surface area contributed by atoms with Crippen molar-refractivity contribution in [3.05, 3.63) is 56.5 Å². The third-order valence-corrected chi connectivity index (χ3v) is 5.76. The summed E-state index contributed by atoms with van der Waals surface area (Å²) >= 11 is 4.85. The number of fused-ring (bicyclic) bond motifs is 3. The Hall–Kier alpha value is -1.96. The lowest BCUT2D eigenvalue weighted by atomic mass is 10.1. The van der Waals surface area contributed by atoms with Gasteiger partial charge in [0.1, 0.15) is 15.9 Å². The van der Waals surface area contributed by atoms with Gasteiger partial charge in [0.25, 0.3) is 5.91 Å². The maximum atomic E-state index is 12.7. The molecule has 5 nitrogen and oxygen atoms in total. The molecule has 3 heterocycles. The number of nitrogens with zero attached hydrogens (tertiary/aromatic N) is 1. The summed E-state index contributed by atoms with van der Waals surface area (Å²) in [6.45, 7) is 2.44. The summed E-state index contributed by atoms with van der Waals surface area (Å²) in [4.78, 5) is 18.8. The second-order valence-electron chi connectivity index (χ2n) is 5.94. The summed E-state index contributed by atoms with van der Waals surface area (Å²) in [7, 11) is 1.67. The highest BCUT2D eigenvalue weighted by molar-refractivity contribution is 9.10. The number of anilines is 1. The quantitative estimate of drug-likeness (QED) is 0.663. The van der Waals surface area contributed by atoms with E-state index in [4.69, 9.17) is 4.74 Å². The number of halogens is 1. The molecule has 4 rings (SSSR count). The van der Waals surface area contributed by atoms with Gasteiger partial charge in [0.2, 0.25) is 0 Å². The molecule has 0 unspecified atom stereocenters. The van der Waals surface area contributed by atoms with Crippen LogP contribution in [0.3, 0.4) is 0 Å². The van der Waals surface area contributed by atoms with Crippen molar-refractivity contribution >= 4 is 49.1 Å². The summed E-state index contributed by atoms with van der Waals surface area (Å²) in [5.41, 5.74) is 3.80. The molecule has 1 aliphatic heterocycles. The van der Waals surface area contributed by atoms with Gasteiger partial charge < -0.3 is 15.4 Å². The number of hydrogen-bond acceptors (Lipinski definition) is 5. The second kappa shape index (κ2) is 6.40. The van der Waals surface area contributed by atoms with Crippen molar-refractivity contribution in [1.29, 1.82) is 0 Å². The lowest BCUT2D eigenvalue weighted by molar-refractivity contribution is 0.0940. The van der Waals surface area contributed by atoms with Gasteiger partial charge in [-0.15, -0.1) is 11.3 Å². The summed E-state index contributed by atoms with van der Waals surface area (Å²) in [6.07, 6.45) is -0.275. The zero-order valence-corrected chi connectivity index (χ0v) is 16.1. The number of aryl methyl sites for hydroxylation is 1. The van der Waals surface area contributed by atoms with E-state index in [0.29, 0.717) is 11.5 Å². The van der Waals surface area contributed by atoms with Crippen LogP contribution in [0.4, 0.5) is 5.69 Å². The molecule has 0 bridgehead atoms. The van der Waals surface area contributed by atoms with Crippen molar-refractivity contribution in [3.8, 4) is 0 Å². The molecule has 1 aliphatic rings. The van der Waals surface area contributed by atoms with Gasteiger partial charge >= 0.3 is 0 Å². The number of rotatable bonds is 3. The first kappa shape index (κ1) is 16.5. The molecule has 1 amide bonds. The molecule has 2 N–H and O–H groups in total. The number of benzene rings is 1. The van der Waals surface area contributed by atoms with Gasteiger partial charge in [-0.25, -0.2) is 4.98 Å². The number of methoxy groups -OCH3 is 1. The molecule has 0 radical (unpaired) electrons. The Morgan fingerprint density at radius 2 is 2.04 bits per heavy atom. The van der Waals surface area contributed by atoms with Crippen molar-refractivity contribution in [2.75, 3.05) is 12.4 Å². The van der Waals surface area contributed by atoms with E-state index >= 15 is 0 Å². The normalized spacial score (nSPS) is 16.4. The van der Waals surface area contributed by atoms with Crippen LogP contribution in [0, 0.1) is 6.92 Å². The number of carbonyl (C=O) groups excluding carboxylic acids is 1. The topological polar surface area (TPSA) is 63.2 Å². The van der Waals surface area contributed by atoms with Gasteiger partial charge in [0.05, 0.1) is 12.3 Å². The van der Waals surface area contributed by atoms with Gasteiger partial charge in [0.15, 0.2) is 0 Å². The molecule has 0 fully saturated rings. The number of amides is 1. The maximum absolute atomic E-state index is 12.7. The van der Waals surface area contributed by atoms with E-state index in [1.165, 1.54) is 11.3 Å². The SMILES string of the molecule is COCc1cc(C)nc2sc3c(c12)N[C@H](c1ccc(Br)cc1)NC3=O. The number of nitrogens with one attached hydrogen (secondary N) is 2. The van der Waals surface area contributed by atoms with E-state index in [1.54, 1.807) is 7.11 Å². The summed E-state index contributed by atoms with van der Waals surface area (Å²) in [6, 6.07) is 9.92. The molecule has 2 aromatic heterocycles. The zero-order chi connectivity index (χ0) is 17.6. The minimum Gasteiger partial charge on any atom is -0.380 e. The predicted molar refractivity (Wildman–Crippen MR) is 103 cm³/mol. The molecule has 0 saturated heterocycles. The molecular weight excluding hydrogens is 402 g/mol. The molecule has 25 heavy (non-hydrogen) atoms. The van der Waals surface area contributed by atoms with Crippen LogP contribution in [0.5, 0.6) is 0 Å². The maximum Gasteiger partial charge on any atom is 0.265 e. The molecule has 128 valence electrons. The highest BCUT2D eigenvalue weighted by atomic mass is 79.9. The van der Waals surface area contributed by atoms with E-state index in [9.17, 15) is 4.79 Å². The van der Waals surface area contributed by atoms with Crippen LogP contribution in [0.25, 0.3) is 10.2 Å². The minimum absolute atomic E-state index is 0.0781. The van der Waals surface area contributed by atoms with Crippen LogP contribution < -0.4 is 10.6 Å². The first-order valence-electron chi connectivity index (χ1n) is 7.81. The smallest absolute Gasteiger partial charge is 0.265 e. The molecule has 3 aromatic rings. The number of thiophene rings is 1. The Morgan fingerprint density at radius 1 is 1.28 bits per heavy atom. The van der Waals surface area contributed by atoms with Crippen LogP contribution in [-0.2, 0) is 11.3 Å². The number of carbonyl (C=O) groups is 1. The van der Waals surface area contributed by atoms with Crippen molar-refractivity contribution in [1.82, 2.24) is 10.3 Å². The first-order valence-corrected chi connectivity index (χ1v) is 9.42. The Labute approximate surface area is 157 Å². The van der Waals surface area contributed by atoms with Gasteiger partial charge in [-0.05, 0) is 36.2 Å². The minimum atomic E-state index is -0.275. The van der Waals surface area contributed by atoms with Crippen LogP contribution in [0.15, 0.2) is 34.8 Å². The second-order valence-corrected chi connectivity index (χ2v) is 7.86. The van der Waals surface area contributed by atoms with Gasteiger partial charge in [0, 0.05) is 22.7 Å². The van der Waals surface area contributed by atoms with Crippen molar-refractivity contribution in [2.45, 2.75) is 19.7 Å². The van der Waals surface area contributed by atoms with Crippen molar-refractivity contribution in [2.24, 2.45) is 0 Å². The van der Waals surface area contributed by atoms with E-state index in [0.717, 1.165) is 37.2 Å². The predicted octanol–water partition coefficient (Wildman–Crippen LogP) is 4.37. The highest BCUT2D eigenvalue weighted by Gasteiger charge is 2.30. The van der Waals surface area contributed by atoms with E-state index in [-0.39, 0.29) is 12.1 Å². The Kier molecular flexibility index (Phi) is 4.23. The largest absolute Gasteiger partial charge is 0.380 e. The monoisotopic (exact) mass is 417 g/mol. The average Bonchev–Trinajstić information content (AvgIpc) is 2.94. The van der Waals surface area contributed by atoms with Crippen LogP contribution in [0.2, 0.25) is 0 Å². The van der Waals surface area contributed by atoms with Crippen molar-refractivity contribution < 1.29 is 9.53 Å². The highest BCUT2D eigenvalue weighted by Crippen LogP contribution is 2.41. The van der Waals surface area contributed by atoms with Gasteiger partial charge in [-0.2, -0.15) is 0 Å². The zero-order valence-electron chi connectivity index (χ0n) is 13.7. The van der Waals surface area contributed by atoms with E-state index < -0.39 is 0 Å². The summed E-state index contributed by atoms with van der Waals surface area (Å²) in [5.74, 6) is -0.0781. The third-order valence-electron chi connectivity index (χ3n) is 4.15. The van der Waals surface area contributed by atoms with E-state index in [2.05, 4.69) is 31.5 Å². The third kappa shape index (κ3) is 2.92. The lowest BCUT2D eigenvalue weighted by Crippen LogP contribution is -2.37. The fourth-order valence-electron chi connectivity index (χ4n) is 3.08. The molecule has 1 atom stereocenters. The van der Waals surface area contributed by atoms with Crippen LogP contribution in [0.1, 0.15) is 32.7 Å². The van der Waals surface area contributed by atoms with Gasteiger partial charge in [-0.1, -0.05) is 28.1 Å². The van der Waals surface area contributed by atoms with Crippen LogP contribution in [-0.4, -0.2) is 18.0 Å². The van der Waals surface area contributed by atoms with Crippen molar-refractivity contribution in [3.63, 3.8) is 0 Å². The molecule has 0 spiro atoms. The fourth-order valence-corrected chi connectivity index (χ4v) is 4.48. The first-order chi connectivity index (χ1) is 12.1. The lowest BCUT2D eigenvalue weighted by Gasteiger charge is -2.26. The number of pyridine rings is 1.